The fourth-order valence-corrected chi connectivity index (χ4v) is 2.80. The first-order chi connectivity index (χ1) is 7.84. The molecule has 0 spiro atoms. The van der Waals surface area contributed by atoms with Crippen molar-refractivity contribution in [2.45, 2.75) is 57.4 Å². The van der Waals surface area contributed by atoms with Gasteiger partial charge in [-0.2, -0.15) is 0 Å². The minimum atomic E-state index is 0.262. The van der Waals surface area contributed by atoms with Crippen molar-refractivity contribution in [3.05, 3.63) is 0 Å². The largest absolute Gasteiger partial charge is 0.353 e. The summed E-state index contributed by atoms with van der Waals surface area (Å²) in [5.41, 5.74) is 0. The van der Waals surface area contributed by atoms with Crippen LogP contribution in [0.2, 0.25) is 0 Å². The van der Waals surface area contributed by atoms with Gasteiger partial charge in [0.15, 0.2) is 0 Å². The topological polar surface area (TPSA) is 43.2 Å². The fourth-order valence-electron chi connectivity index (χ4n) is 2.80. The molecule has 2 aliphatic rings. The minimum Gasteiger partial charge on any atom is -0.353 e. The molecule has 1 atom stereocenters. The molecule has 91 valence electrons. The van der Waals surface area contributed by atoms with Gasteiger partial charge in [-0.25, -0.2) is 5.32 Å². The van der Waals surface area contributed by atoms with Crippen molar-refractivity contribution in [2.24, 2.45) is 5.92 Å². The van der Waals surface area contributed by atoms with E-state index in [0.717, 1.165) is 19.5 Å². The number of hydrogen-bond acceptors (Lipinski definition) is 1. The molecule has 1 amide bonds. The van der Waals surface area contributed by atoms with E-state index in [4.69, 9.17) is 0 Å². The van der Waals surface area contributed by atoms with E-state index in [9.17, 15) is 4.79 Å². The number of rotatable bonds is 4. The van der Waals surface area contributed by atoms with Gasteiger partial charge in [-0.15, -0.1) is 0 Å². The van der Waals surface area contributed by atoms with Gasteiger partial charge < -0.3 is 5.32 Å². The number of piperidine rings is 1. The molecule has 1 radical (unpaired) electrons. The van der Waals surface area contributed by atoms with Crippen molar-refractivity contribution in [2.75, 3.05) is 13.1 Å². The average molecular weight is 223 g/mol. The summed E-state index contributed by atoms with van der Waals surface area (Å²) < 4.78 is 0. The Kier molecular flexibility index (Phi) is 4.64. The number of carbonyl (C=O) groups is 1. The van der Waals surface area contributed by atoms with Crippen molar-refractivity contribution in [1.82, 2.24) is 10.6 Å². The number of carbonyl (C=O) groups excluding carboxylic acids is 1. The molecule has 1 N–H and O–H groups in total. The summed E-state index contributed by atoms with van der Waals surface area (Å²) in [6, 6.07) is 0.476. The summed E-state index contributed by atoms with van der Waals surface area (Å²) in [6.07, 6.45) is 9.15. The molecule has 16 heavy (non-hydrogen) atoms. The summed E-state index contributed by atoms with van der Waals surface area (Å²) in [5, 5.41) is 7.56. The molecule has 0 aromatic rings. The number of hydrogen-bond donors (Lipinski definition) is 1. The molecule has 0 aromatic carbocycles. The fraction of sp³-hybridized carbons (Fsp3) is 0.923. The van der Waals surface area contributed by atoms with Crippen LogP contribution in [0, 0.1) is 5.92 Å². The van der Waals surface area contributed by atoms with Gasteiger partial charge in [-0.1, -0.05) is 12.8 Å². The molecule has 3 heteroatoms. The highest BCUT2D eigenvalue weighted by molar-refractivity contribution is 5.76. The lowest BCUT2D eigenvalue weighted by Gasteiger charge is -2.21. The van der Waals surface area contributed by atoms with Gasteiger partial charge >= 0.3 is 0 Å². The van der Waals surface area contributed by atoms with E-state index >= 15 is 0 Å². The van der Waals surface area contributed by atoms with Gasteiger partial charge in [0.1, 0.15) is 0 Å². The first kappa shape index (κ1) is 11.9. The van der Waals surface area contributed by atoms with E-state index in [1.807, 2.05) is 0 Å². The predicted octanol–water partition coefficient (Wildman–Crippen LogP) is 1.84. The average Bonchev–Trinajstić information content (AvgIpc) is 2.81. The second-order valence-electron chi connectivity index (χ2n) is 5.23. The lowest BCUT2D eigenvalue weighted by Crippen LogP contribution is -2.33. The predicted molar refractivity (Wildman–Crippen MR) is 64.2 cm³/mol. The van der Waals surface area contributed by atoms with Gasteiger partial charge in [0.05, 0.1) is 0 Å². The van der Waals surface area contributed by atoms with Gasteiger partial charge in [0.2, 0.25) is 5.91 Å². The molecular formula is C13H23N2O. The van der Waals surface area contributed by atoms with Crippen LogP contribution < -0.4 is 10.6 Å². The maximum Gasteiger partial charge on any atom is 0.220 e. The lowest BCUT2D eigenvalue weighted by atomic mass is 9.94. The Morgan fingerprint density at radius 3 is 2.69 bits per heavy atom. The molecular weight excluding hydrogens is 200 g/mol. The van der Waals surface area contributed by atoms with Crippen LogP contribution in [0.4, 0.5) is 0 Å². The van der Waals surface area contributed by atoms with Gasteiger partial charge in [-0.05, 0) is 38.0 Å². The molecule has 3 nitrogen and oxygen atoms in total. The summed E-state index contributed by atoms with van der Waals surface area (Å²) in [6.45, 7) is 2.02. The zero-order valence-electron chi connectivity index (χ0n) is 10.1. The van der Waals surface area contributed by atoms with Crippen molar-refractivity contribution >= 4 is 5.91 Å². The summed E-state index contributed by atoms with van der Waals surface area (Å²) in [5.74, 6) is 0.931. The summed E-state index contributed by atoms with van der Waals surface area (Å²) in [7, 11) is 0. The maximum atomic E-state index is 11.7. The summed E-state index contributed by atoms with van der Waals surface area (Å²) >= 11 is 0. The highest BCUT2D eigenvalue weighted by Crippen LogP contribution is 2.19. The van der Waals surface area contributed by atoms with Gasteiger partial charge in [0, 0.05) is 25.6 Å². The van der Waals surface area contributed by atoms with Crippen molar-refractivity contribution in [1.29, 1.82) is 0 Å². The highest BCUT2D eigenvalue weighted by Gasteiger charge is 2.19. The molecule has 0 bridgehead atoms. The smallest absolute Gasteiger partial charge is 0.220 e. The molecule has 1 saturated carbocycles. The van der Waals surface area contributed by atoms with E-state index < -0.39 is 0 Å². The Hall–Kier alpha value is -0.570. The van der Waals surface area contributed by atoms with E-state index in [0.29, 0.717) is 18.4 Å². The molecule has 0 aromatic heterocycles. The Morgan fingerprint density at radius 2 is 2.00 bits per heavy atom. The van der Waals surface area contributed by atoms with Crippen LogP contribution in [0.1, 0.15) is 51.4 Å². The van der Waals surface area contributed by atoms with E-state index in [-0.39, 0.29) is 5.91 Å². The third kappa shape index (κ3) is 3.78. The standard InChI is InChI=1S/C13H23N2O/c16-13(15-12-5-1-2-6-12)8-7-11-4-3-9-14-10-11/h11-12H,1-10H2,(H,15,16). The molecule has 1 saturated heterocycles. The molecule has 1 aliphatic carbocycles. The summed E-state index contributed by atoms with van der Waals surface area (Å²) in [4.78, 5) is 11.7. The molecule has 1 aliphatic heterocycles. The Morgan fingerprint density at radius 1 is 1.19 bits per heavy atom. The monoisotopic (exact) mass is 223 g/mol. The zero-order valence-corrected chi connectivity index (χ0v) is 10.1. The number of amides is 1. The molecule has 2 rings (SSSR count). The van der Waals surface area contributed by atoms with E-state index in [1.165, 1.54) is 38.5 Å². The Balaban J connectivity index is 1.59. The lowest BCUT2D eigenvalue weighted by molar-refractivity contribution is -0.122. The van der Waals surface area contributed by atoms with Crippen LogP contribution >= 0.6 is 0 Å². The van der Waals surface area contributed by atoms with Crippen LogP contribution in [0.15, 0.2) is 0 Å². The second kappa shape index (κ2) is 6.24. The first-order valence-electron chi connectivity index (χ1n) is 6.77. The van der Waals surface area contributed by atoms with Crippen LogP contribution in [0.25, 0.3) is 0 Å². The highest BCUT2D eigenvalue weighted by atomic mass is 16.1. The molecule has 1 unspecified atom stereocenters. The third-order valence-corrected chi connectivity index (χ3v) is 3.82. The quantitative estimate of drug-likeness (QED) is 0.776. The molecule has 2 fully saturated rings. The normalized spacial score (nSPS) is 26.9. The van der Waals surface area contributed by atoms with E-state index in [1.54, 1.807) is 0 Å². The third-order valence-electron chi connectivity index (χ3n) is 3.82. The molecule has 1 heterocycles. The van der Waals surface area contributed by atoms with Crippen molar-refractivity contribution in [3.8, 4) is 0 Å². The van der Waals surface area contributed by atoms with Crippen LogP contribution in [0.3, 0.4) is 0 Å². The first-order valence-corrected chi connectivity index (χ1v) is 6.77. The second-order valence-corrected chi connectivity index (χ2v) is 5.23. The van der Waals surface area contributed by atoms with Crippen molar-refractivity contribution < 1.29 is 4.79 Å². The van der Waals surface area contributed by atoms with Crippen molar-refractivity contribution in [3.63, 3.8) is 0 Å². The van der Waals surface area contributed by atoms with Gasteiger partial charge in [0.25, 0.3) is 0 Å². The van der Waals surface area contributed by atoms with Crippen LogP contribution in [0.5, 0.6) is 0 Å². The van der Waals surface area contributed by atoms with Crippen LogP contribution in [-0.2, 0) is 4.79 Å². The Bertz CT molecular complexity index is 218. The van der Waals surface area contributed by atoms with Crippen LogP contribution in [-0.4, -0.2) is 25.0 Å². The maximum absolute atomic E-state index is 11.7. The zero-order chi connectivity index (χ0) is 11.2. The SMILES string of the molecule is O=C(CCC1CCC[N]C1)NC1CCCC1. The number of nitrogens with zero attached hydrogens (tertiary/aromatic N) is 1. The Labute approximate surface area is 98.4 Å². The minimum absolute atomic E-state index is 0.262. The van der Waals surface area contributed by atoms with E-state index in [2.05, 4.69) is 10.6 Å². The van der Waals surface area contributed by atoms with Gasteiger partial charge in [-0.3, -0.25) is 4.79 Å². The number of nitrogens with one attached hydrogen (secondary N) is 1.